The molecule has 0 radical (unpaired) electrons. The molecule has 0 saturated carbocycles. The Morgan fingerprint density at radius 2 is 2.00 bits per heavy atom. The van der Waals surface area contributed by atoms with Crippen LogP contribution in [0.5, 0.6) is 0 Å². The van der Waals surface area contributed by atoms with Gasteiger partial charge in [-0.15, -0.1) is 0 Å². The van der Waals surface area contributed by atoms with E-state index in [1.807, 2.05) is 30.3 Å². The van der Waals surface area contributed by atoms with Crippen LogP contribution in [-0.2, 0) is 6.54 Å². The van der Waals surface area contributed by atoms with Gasteiger partial charge in [0.1, 0.15) is 11.7 Å². The maximum atomic E-state index is 12.5. The van der Waals surface area contributed by atoms with E-state index >= 15 is 0 Å². The summed E-state index contributed by atoms with van der Waals surface area (Å²) in [5, 5.41) is 4.76. The van der Waals surface area contributed by atoms with Crippen LogP contribution in [0, 0.1) is 0 Å². The van der Waals surface area contributed by atoms with Crippen LogP contribution >= 0.6 is 11.7 Å². The minimum Gasteiger partial charge on any atom is -0.292 e. The quantitative estimate of drug-likeness (QED) is 0.573. The Morgan fingerprint density at radius 1 is 1.14 bits per heavy atom. The zero-order valence-electron chi connectivity index (χ0n) is 11.3. The minimum absolute atomic E-state index is 0.139. The average molecular weight is 310 g/mol. The lowest BCUT2D eigenvalue weighted by molar-refractivity contribution is 0.733. The smallest absolute Gasteiger partial charge is 0.264 e. The first-order chi connectivity index (χ1) is 10.8. The second-order valence-electron chi connectivity index (χ2n) is 4.71. The van der Waals surface area contributed by atoms with Crippen molar-refractivity contribution >= 4 is 22.8 Å². The summed E-state index contributed by atoms with van der Waals surface area (Å²) in [4.78, 5) is 16.9. The molecule has 4 aromatic rings. The largest absolute Gasteiger partial charge is 0.292 e. The molecule has 0 bridgehead atoms. The fraction of sp³-hybridized carbons (Fsp3) is 0.0714. The minimum atomic E-state index is -0.139. The molecule has 0 amide bonds. The highest BCUT2D eigenvalue weighted by Gasteiger charge is 2.11. The lowest BCUT2D eigenvalue weighted by Crippen LogP contribution is -2.21. The summed E-state index contributed by atoms with van der Waals surface area (Å²) in [6.07, 6.45) is 4.72. The summed E-state index contributed by atoms with van der Waals surface area (Å²) >= 11 is 1.12. The number of rotatable bonds is 3. The van der Waals surface area contributed by atoms with E-state index < -0.39 is 0 Å². The van der Waals surface area contributed by atoms with Gasteiger partial charge in [-0.2, -0.15) is 13.8 Å². The number of nitrogens with zero attached hydrogens (tertiary/aromatic N) is 6. The van der Waals surface area contributed by atoms with Crippen LogP contribution in [0.1, 0.15) is 5.69 Å². The number of para-hydroxylation sites is 1. The first kappa shape index (κ1) is 12.8. The Balaban J connectivity index is 1.83. The van der Waals surface area contributed by atoms with Crippen LogP contribution in [0.4, 0.5) is 0 Å². The topological polar surface area (TPSA) is 78.5 Å². The van der Waals surface area contributed by atoms with Crippen LogP contribution in [0.25, 0.3) is 16.7 Å². The Labute approximate surface area is 128 Å². The number of hydrogen-bond acceptors (Lipinski definition) is 6. The Kier molecular flexibility index (Phi) is 3.01. The van der Waals surface area contributed by atoms with E-state index in [4.69, 9.17) is 0 Å². The summed E-state index contributed by atoms with van der Waals surface area (Å²) in [5.41, 5.74) is 2.01. The number of aromatic nitrogens is 6. The van der Waals surface area contributed by atoms with Crippen molar-refractivity contribution in [2.45, 2.75) is 6.54 Å². The van der Waals surface area contributed by atoms with Crippen molar-refractivity contribution in [3.05, 3.63) is 65.1 Å². The summed E-state index contributed by atoms with van der Waals surface area (Å²) in [5.74, 6) is 0. The van der Waals surface area contributed by atoms with Crippen LogP contribution < -0.4 is 5.56 Å². The van der Waals surface area contributed by atoms with Crippen LogP contribution in [-0.4, -0.2) is 28.1 Å². The molecule has 8 heteroatoms. The van der Waals surface area contributed by atoms with Gasteiger partial charge in [-0.05, 0) is 12.1 Å². The predicted molar refractivity (Wildman–Crippen MR) is 82.1 cm³/mol. The van der Waals surface area contributed by atoms with Crippen LogP contribution in [0.15, 0.2) is 53.8 Å². The Bertz CT molecular complexity index is 974. The summed E-state index contributed by atoms with van der Waals surface area (Å²) in [6.45, 7) is 0.356. The summed E-state index contributed by atoms with van der Waals surface area (Å²) in [7, 11) is 0. The second kappa shape index (κ2) is 5.15. The van der Waals surface area contributed by atoms with E-state index in [0.29, 0.717) is 17.6 Å². The first-order valence-corrected chi connectivity index (χ1v) is 7.31. The van der Waals surface area contributed by atoms with Crippen molar-refractivity contribution in [1.82, 2.24) is 28.1 Å². The van der Waals surface area contributed by atoms with Crippen molar-refractivity contribution in [2.24, 2.45) is 0 Å². The van der Waals surface area contributed by atoms with E-state index in [1.165, 1.54) is 10.9 Å². The SMILES string of the molecule is O=c1c2cnn(-c3ccccc3)c2ncn1Cc1cnsn1. The first-order valence-electron chi connectivity index (χ1n) is 6.58. The number of benzene rings is 1. The highest BCUT2D eigenvalue weighted by Crippen LogP contribution is 2.13. The van der Waals surface area contributed by atoms with Crippen LogP contribution in [0.3, 0.4) is 0 Å². The van der Waals surface area contributed by atoms with Gasteiger partial charge in [0.25, 0.3) is 5.56 Å². The highest BCUT2D eigenvalue weighted by molar-refractivity contribution is 6.99. The molecule has 0 atom stereocenters. The van der Waals surface area contributed by atoms with E-state index in [1.54, 1.807) is 17.1 Å². The molecule has 1 aromatic carbocycles. The normalized spacial score (nSPS) is 11.1. The second-order valence-corrected chi connectivity index (χ2v) is 5.26. The molecule has 3 heterocycles. The predicted octanol–water partition coefficient (Wildman–Crippen LogP) is 1.48. The zero-order chi connectivity index (χ0) is 14.9. The van der Waals surface area contributed by atoms with Gasteiger partial charge >= 0.3 is 0 Å². The molecule has 3 aromatic heterocycles. The maximum absolute atomic E-state index is 12.5. The number of hydrogen-bond donors (Lipinski definition) is 0. The molecule has 0 aliphatic heterocycles. The molecule has 0 saturated heterocycles. The molecule has 0 fully saturated rings. The van der Waals surface area contributed by atoms with Gasteiger partial charge in [0.2, 0.25) is 0 Å². The lowest BCUT2D eigenvalue weighted by atomic mass is 10.3. The lowest BCUT2D eigenvalue weighted by Gasteiger charge is -2.04. The van der Waals surface area contributed by atoms with E-state index in [-0.39, 0.29) is 5.56 Å². The Hall–Kier alpha value is -2.87. The monoisotopic (exact) mass is 310 g/mol. The Morgan fingerprint density at radius 3 is 2.77 bits per heavy atom. The zero-order valence-corrected chi connectivity index (χ0v) is 12.1. The molecule has 4 rings (SSSR count). The van der Waals surface area contributed by atoms with Crippen molar-refractivity contribution in [3.63, 3.8) is 0 Å². The summed E-state index contributed by atoms with van der Waals surface area (Å²) < 4.78 is 11.2. The van der Waals surface area contributed by atoms with Gasteiger partial charge in [-0.3, -0.25) is 9.36 Å². The highest BCUT2D eigenvalue weighted by atomic mass is 32.1. The van der Waals surface area contributed by atoms with E-state index in [9.17, 15) is 4.79 Å². The molecule has 0 spiro atoms. The summed E-state index contributed by atoms with van der Waals surface area (Å²) in [6, 6.07) is 9.59. The fourth-order valence-corrected chi connectivity index (χ4v) is 2.67. The molecule has 7 nitrogen and oxygen atoms in total. The molecule has 22 heavy (non-hydrogen) atoms. The van der Waals surface area contributed by atoms with Gasteiger partial charge in [0.05, 0.1) is 42.0 Å². The van der Waals surface area contributed by atoms with E-state index in [0.717, 1.165) is 23.1 Å². The van der Waals surface area contributed by atoms with Crippen molar-refractivity contribution < 1.29 is 0 Å². The molecular formula is C14H10N6OS. The van der Waals surface area contributed by atoms with Crippen LogP contribution in [0.2, 0.25) is 0 Å². The fourth-order valence-electron chi connectivity index (χ4n) is 2.25. The van der Waals surface area contributed by atoms with Gasteiger partial charge in [-0.25, -0.2) is 9.67 Å². The van der Waals surface area contributed by atoms with Crippen molar-refractivity contribution in [3.8, 4) is 5.69 Å². The molecule has 0 unspecified atom stereocenters. The maximum Gasteiger partial charge on any atom is 0.264 e. The van der Waals surface area contributed by atoms with Gasteiger partial charge in [-0.1, -0.05) is 18.2 Å². The van der Waals surface area contributed by atoms with Crippen molar-refractivity contribution in [2.75, 3.05) is 0 Å². The number of fused-ring (bicyclic) bond motifs is 1. The third-order valence-electron chi connectivity index (χ3n) is 3.29. The third-order valence-corrected chi connectivity index (χ3v) is 3.81. The van der Waals surface area contributed by atoms with Gasteiger partial charge in [0.15, 0.2) is 5.65 Å². The standard InChI is InChI=1S/C14H10N6OS/c21-14-12-7-16-20(11-4-2-1-3-5-11)13(12)15-9-19(14)8-10-6-17-22-18-10/h1-7,9H,8H2. The molecule has 108 valence electrons. The average Bonchev–Trinajstić information content (AvgIpc) is 3.21. The molecule has 0 aliphatic carbocycles. The van der Waals surface area contributed by atoms with E-state index in [2.05, 4.69) is 18.8 Å². The third kappa shape index (κ3) is 2.09. The molecular weight excluding hydrogens is 300 g/mol. The van der Waals surface area contributed by atoms with Gasteiger partial charge < -0.3 is 0 Å². The van der Waals surface area contributed by atoms with Gasteiger partial charge in [0, 0.05) is 0 Å². The van der Waals surface area contributed by atoms with Crippen molar-refractivity contribution in [1.29, 1.82) is 0 Å². The molecule has 0 aliphatic rings. The molecule has 0 N–H and O–H groups in total.